The van der Waals surface area contributed by atoms with Gasteiger partial charge in [0.05, 0.1) is 38.3 Å². The minimum Gasteiger partial charge on any atom is -0.360 e. The summed E-state index contributed by atoms with van der Waals surface area (Å²) in [5, 5.41) is 3.95. The Balaban J connectivity index is 1.37. The molecule has 4 rings (SSSR count). The van der Waals surface area contributed by atoms with Gasteiger partial charge in [-0.25, -0.2) is 0 Å². The number of carbonyl (C=O) groups is 1. The van der Waals surface area contributed by atoms with Gasteiger partial charge in [0.1, 0.15) is 6.04 Å². The van der Waals surface area contributed by atoms with Crippen LogP contribution >= 0.6 is 11.6 Å². The summed E-state index contributed by atoms with van der Waals surface area (Å²) in [6, 6.07) is 18.3. The van der Waals surface area contributed by atoms with Crippen molar-refractivity contribution >= 4 is 28.8 Å². The maximum atomic E-state index is 12.4. The molecule has 2 aromatic carbocycles. The average molecular weight is 369 g/mol. The van der Waals surface area contributed by atoms with Crippen LogP contribution in [0.15, 0.2) is 66.4 Å². The largest absolute Gasteiger partial charge is 0.360 e. The summed E-state index contributed by atoms with van der Waals surface area (Å²) in [5.41, 5.74) is 2.91. The van der Waals surface area contributed by atoms with Crippen molar-refractivity contribution in [3.8, 4) is 0 Å². The van der Waals surface area contributed by atoms with E-state index in [1.54, 1.807) is 0 Å². The van der Waals surface area contributed by atoms with Crippen LogP contribution in [0, 0.1) is 0 Å². The fraction of sp³-hybridized carbons (Fsp3) is 0.286. The molecule has 1 saturated heterocycles. The fourth-order valence-electron chi connectivity index (χ4n) is 3.79. The molecule has 134 valence electrons. The van der Waals surface area contributed by atoms with Gasteiger partial charge in [-0.3, -0.25) is 4.79 Å². The number of para-hydroxylation sites is 1. The summed E-state index contributed by atoms with van der Waals surface area (Å²) in [6.45, 7) is 4.16. The van der Waals surface area contributed by atoms with Crippen LogP contribution in [0.3, 0.4) is 0 Å². The Kier molecular flexibility index (Phi) is 4.96. The highest BCUT2D eigenvalue weighted by molar-refractivity contribution is 6.30. The van der Waals surface area contributed by atoms with Crippen molar-refractivity contribution in [1.29, 1.82) is 0 Å². The Hall–Kier alpha value is -2.30. The summed E-state index contributed by atoms with van der Waals surface area (Å²) in [7, 11) is 0. The number of Topliss-reactive ketones (excluding diaryl/α,β-unsaturated/α-hetero) is 1. The molecule has 1 aliphatic heterocycles. The van der Waals surface area contributed by atoms with Crippen LogP contribution in [-0.2, 0) is 4.79 Å². The molecule has 1 aliphatic carbocycles. The zero-order valence-corrected chi connectivity index (χ0v) is 15.4. The number of nitrogens with zero attached hydrogens (tertiary/aromatic N) is 1. The van der Waals surface area contributed by atoms with Gasteiger partial charge in [-0.1, -0.05) is 29.8 Å². The van der Waals surface area contributed by atoms with Crippen LogP contribution in [0.25, 0.3) is 0 Å². The van der Waals surface area contributed by atoms with E-state index in [1.807, 2.05) is 24.3 Å². The van der Waals surface area contributed by atoms with E-state index in [0.717, 1.165) is 37.6 Å². The number of piperazine rings is 1. The van der Waals surface area contributed by atoms with Gasteiger partial charge in [-0.05, 0) is 36.4 Å². The first kappa shape index (κ1) is 17.1. The average Bonchev–Trinajstić information content (AvgIpc) is 3.05. The molecule has 0 spiro atoms. The van der Waals surface area contributed by atoms with Crippen molar-refractivity contribution in [2.24, 2.45) is 0 Å². The van der Waals surface area contributed by atoms with E-state index in [0.29, 0.717) is 11.4 Å². The fourth-order valence-corrected chi connectivity index (χ4v) is 3.91. The zero-order valence-electron chi connectivity index (χ0n) is 14.6. The quantitative estimate of drug-likeness (QED) is 0.870. The smallest absolute Gasteiger partial charge is 0.185 e. The number of nitrogens with one attached hydrogen (secondary N) is 2. The first-order valence-electron chi connectivity index (χ1n) is 9.11. The SMILES string of the molecule is O=C1C[C@@H]([NH+]2CCN(c3ccccc3)CC2)C=C1Nc1ccc(Cl)cc1. The lowest BCUT2D eigenvalue weighted by Crippen LogP contribution is -3.18. The number of hydrogen-bond donors (Lipinski definition) is 2. The second-order valence-electron chi connectivity index (χ2n) is 6.93. The Morgan fingerprint density at radius 1 is 1.00 bits per heavy atom. The lowest BCUT2D eigenvalue weighted by molar-refractivity contribution is -0.918. The van der Waals surface area contributed by atoms with Crippen LogP contribution in [-0.4, -0.2) is 38.0 Å². The van der Waals surface area contributed by atoms with Crippen LogP contribution in [0.1, 0.15) is 6.42 Å². The maximum absolute atomic E-state index is 12.4. The number of hydrogen-bond acceptors (Lipinski definition) is 3. The Labute approximate surface area is 159 Å². The molecule has 4 nitrogen and oxygen atoms in total. The zero-order chi connectivity index (χ0) is 17.9. The number of rotatable bonds is 4. The van der Waals surface area contributed by atoms with E-state index in [1.165, 1.54) is 10.6 Å². The number of anilines is 2. The van der Waals surface area contributed by atoms with Crippen molar-refractivity contribution < 1.29 is 9.69 Å². The topological polar surface area (TPSA) is 36.8 Å². The predicted molar refractivity (Wildman–Crippen MR) is 106 cm³/mol. The Morgan fingerprint density at radius 3 is 2.38 bits per heavy atom. The van der Waals surface area contributed by atoms with Gasteiger partial charge >= 0.3 is 0 Å². The molecule has 0 amide bonds. The molecule has 0 saturated carbocycles. The van der Waals surface area contributed by atoms with Gasteiger partial charge in [0.15, 0.2) is 5.78 Å². The van der Waals surface area contributed by atoms with Crippen LogP contribution < -0.4 is 15.1 Å². The Morgan fingerprint density at radius 2 is 1.69 bits per heavy atom. The third-order valence-electron chi connectivity index (χ3n) is 5.25. The number of ketones is 1. The predicted octanol–water partition coefficient (Wildman–Crippen LogP) is 2.38. The molecule has 2 aliphatic rings. The first-order valence-corrected chi connectivity index (χ1v) is 9.49. The summed E-state index contributed by atoms with van der Waals surface area (Å²) < 4.78 is 0. The first-order chi connectivity index (χ1) is 12.7. The molecule has 2 N–H and O–H groups in total. The van der Waals surface area contributed by atoms with Crippen molar-refractivity contribution in [1.82, 2.24) is 0 Å². The molecule has 5 heteroatoms. The molecule has 26 heavy (non-hydrogen) atoms. The normalized spacial score (nSPS) is 21.0. The van der Waals surface area contributed by atoms with Crippen molar-refractivity contribution in [2.75, 3.05) is 36.4 Å². The Bertz CT molecular complexity index is 796. The molecule has 0 aromatic heterocycles. The van der Waals surface area contributed by atoms with Gasteiger partial charge in [0.2, 0.25) is 0 Å². The molecule has 0 radical (unpaired) electrons. The lowest BCUT2D eigenvalue weighted by Gasteiger charge is -2.35. The molecule has 0 bridgehead atoms. The number of quaternary nitrogens is 1. The molecular formula is C21H23ClN3O+. The lowest BCUT2D eigenvalue weighted by atomic mass is 10.1. The summed E-state index contributed by atoms with van der Waals surface area (Å²) in [4.78, 5) is 16.3. The van der Waals surface area contributed by atoms with Crippen molar-refractivity contribution in [3.05, 3.63) is 71.4 Å². The van der Waals surface area contributed by atoms with Gasteiger partial charge in [0.25, 0.3) is 0 Å². The van der Waals surface area contributed by atoms with E-state index < -0.39 is 0 Å². The summed E-state index contributed by atoms with van der Waals surface area (Å²) in [6.07, 6.45) is 2.71. The number of allylic oxidation sites excluding steroid dienone is 1. The van der Waals surface area contributed by atoms with E-state index in [2.05, 4.69) is 46.6 Å². The van der Waals surface area contributed by atoms with Crippen LogP contribution in [0.2, 0.25) is 5.02 Å². The molecule has 2 aromatic rings. The van der Waals surface area contributed by atoms with Crippen LogP contribution in [0.4, 0.5) is 11.4 Å². The van der Waals surface area contributed by atoms with Gasteiger partial charge in [-0.15, -0.1) is 0 Å². The molecular weight excluding hydrogens is 346 g/mol. The van der Waals surface area contributed by atoms with Gasteiger partial charge < -0.3 is 15.1 Å². The number of halogens is 1. The highest BCUT2D eigenvalue weighted by Crippen LogP contribution is 2.20. The van der Waals surface area contributed by atoms with Gasteiger partial charge in [-0.2, -0.15) is 0 Å². The van der Waals surface area contributed by atoms with E-state index >= 15 is 0 Å². The third kappa shape index (κ3) is 3.76. The molecule has 1 heterocycles. The minimum absolute atomic E-state index is 0.197. The number of benzene rings is 2. The molecule has 1 fully saturated rings. The number of carbonyl (C=O) groups excluding carboxylic acids is 1. The van der Waals surface area contributed by atoms with E-state index in [9.17, 15) is 4.79 Å². The molecule has 0 unspecified atom stereocenters. The third-order valence-corrected chi connectivity index (χ3v) is 5.50. The highest BCUT2D eigenvalue weighted by Gasteiger charge is 2.33. The highest BCUT2D eigenvalue weighted by atomic mass is 35.5. The minimum atomic E-state index is 0.197. The summed E-state index contributed by atoms with van der Waals surface area (Å²) in [5.74, 6) is 0.197. The molecule has 1 atom stereocenters. The standard InChI is InChI=1S/C21H22ClN3O/c22-16-6-8-17(9-7-16)23-20-14-19(15-21(20)26)25-12-10-24(11-13-25)18-4-2-1-3-5-18/h1-9,14,19,23H,10-13,15H2/p+1/t19-/m0/s1. The van der Waals surface area contributed by atoms with Crippen molar-refractivity contribution in [2.45, 2.75) is 12.5 Å². The van der Waals surface area contributed by atoms with E-state index in [4.69, 9.17) is 11.6 Å². The van der Waals surface area contributed by atoms with Crippen LogP contribution in [0.5, 0.6) is 0 Å². The monoisotopic (exact) mass is 368 g/mol. The van der Waals surface area contributed by atoms with Crippen molar-refractivity contribution in [3.63, 3.8) is 0 Å². The maximum Gasteiger partial charge on any atom is 0.185 e. The second-order valence-corrected chi connectivity index (χ2v) is 7.36. The van der Waals surface area contributed by atoms with E-state index in [-0.39, 0.29) is 11.8 Å². The summed E-state index contributed by atoms with van der Waals surface area (Å²) >= 11 is 5.92. The second kappa shape index (κ2) is 7.52. The van der Waals surface area contributed by atoms with Gasteiger partial charge in [0, 0.05) is 22.5 Å².